The predicted molar refractivity (Wildman–Crippen MR) is 97.6 cm³/mol. The van der Waals surface area contributed by atoms with Gasteiger partial charge in [-0.05, 0) is 29.8 Å². The molecule has 0 atom stereocenters. The monoisotopic (exact) mass is 406 g/mol. The zero-order valence-electron chi connectivity index (χ0n) is 12.4. The topological polar surface area (TPSA) is 85.5 Å². The van der Waals surface area contributed by atoms with Crippen LogP contribution >= 0.6 is 27.3 Å². The molecule has 0 radical (unpaired) electrons. The molecule has 1 heterocycles. The maximum Gasteiger partial charge on any atom is 0.271 e. The van der Waals surface area contributed by atoms with Gasteiger partial charge in [-0.1, -0.05) is 22.0 Å². The van der Waals surface area contributed by atoms with E-state index in [2.05, 4.69) is 20.9 Å². The first kappa shape index (κ1) is 16.4. The smallest absolute Gasteiger partial charge is 0.271 e. The van der Waals surface area contributed by atoms with Crippen molar-refractivity contribution in [1.82, 2.24) is 4.98 Å². The molecule has 6 nitrogen and oxygen atoms in total. The van der Waals surface area contributed by atoms with Crippen molar-refractivity contribution in [3.05, 3.63) is 55.5 Å². The molecular weight excluding hydrogens is 396 g/mol. The normalized spacial score (nSPS) is 11.2. The molecule has 0 saturated heterocycles. The summed E-state index contributed by atoms with van der Waals surface area (Å²) in [6.45, 7) is 0. The van der Waals surface area contributed by atoms with Crippen molar-refractivity contribution in [3.8, 4) is 11.5 Å². The average molecular weight is 407 g/mol. The summed E-state index contributed by atoms with van der Waals surface area (Å²) < 4.78 is 6.69. The van der Waals surface area contributed by atoms with Gasteiger partial charge in [0.2, 0.25) is 0 Å². The van der Waals surface area contributed by atoms with Crippen molar-refractivity contribution in [2.75, 3.05) is 7.11 Å². The van der Waals surface area contributed by atoms with Gasteiger partial charge in [-0.3, -0.25) is 10.1 Å². The number of aromatic nitrogens is 1. The summed E-state index contributed by atoms with van der Waals surface area (Å²) in [6.07, 6.45) is 3.64. The summed E-state index contributed by atoms with van der Waals surface area (Å²) in [5.41, 5.74) is 1.43. The fourth-order valence-electron chi connectivity index (χ4n) is 2.13. The molecule has 0 amide bonds. The maximum absolute atomic E-state index is 10.8. The standard InChI is InChI=1S/C16H11BrN2O4S/c1-23-14-6-9(11(17)8-13(14)20)2-5-16-18-12-7-10(19(21)22)3-4-15(12)24-16/h2-8,20H,1H3/b5-2+. The number of rotatable bonds is 4. The molecular formula is C16H11BrN2O4S. The molecule has 0 aliphatic carbocycles. The first-order valence-corrected chi connectivity index (χ1v) is 8.38. The second-order valence-electron chi connectivity index (χ2n) is 4.84. The Hall–Kier alpha value is -2.45. The third-order valence-corrected chi connectivity index (χ3v) is 4.99. The van der Waals surface area contributed by atoms with E-state index in [1.165, 1.54) is 30.6 Å². The van der Waals surface area contributed by atoms with E-state index >= 15 is 0 Å². The molecule has 0 fully saturated rings. The number of nitro benzene ring substituents is 1. The van der Waals surface area contributed by atoms with Crippen LogP contribution in [0.2, 0.25) is 0 Å². The van der Waals surface area contributed by atoms with Crippen molar-refractivity contribution in [2.45, 2.75) is 0 Å². The number of phenolic OH excluding ortho intramolecular Hbond substituents is 1. The quantitative estimate of drug-likeness (QED) is 0.494. The Morgan fingerprint density at radius 3 is 2.83 bits per heavy atom. The Labute approximate surface area is 149 Å². The van der Waals surface area contributed by atoms with Gasteiger partial charge < -0.3 is 9.84 Å². The van der Waals surface area contributed by atoms with Crippen molar-refractivity contribution < 1.29 is 14.8 Å². The van der Waals surface area contributed by atoms with Crippen LogP contribution in [0.5, 0.6) is 11.5 Å². The predicted octanol–water partition coefficient (Wildman–Crippen LogP) is 4.85. The molecule has 0 unspecified atom stereocenters. The van der Waals surface area contributed by atoms with E-state index in [1.807, 2.05) is 12.2 Å². The van der Waals surface area contributed by atoms with E-state index in [1.54, 1.807) is 18.2 Å². The summed E-state index contributed by atoms with van der Waals surface area (Å²) >= 11 is 4.82. The Morgan fingerprint density at radius 1 is 1.33 bits per heavy atom. The van der Waals surface area contributed by atoms with Crippen LogP contribution < -0.4 is 4.74 Å². The molecule has 1 aromatic heterocycles. The molecule has 0 aliphatic rings. The van der Waals surface area contributed by atoms with Crippen LogP contribution in [0.15, 0.2) is 34.8 Å². The first-order valence-electron chi connectivity index (χ1n) is 6.77. The number of halogens is 1. The third kappa shape index (κ3) is 3.24. The SMILES string of the molecule is COc1cc(/C=C/c2nc3cc([N+](=O)[O-])ccc3s2)c(Br)cc1O. The fourth-order valence-corrected chi connectivity index (χ4v) is 3.44. The molecule has 8 heteroatoms. The molecule has 122 valence electrons. The summed E-state index contributed by atoms with van der Waals surface area (Å²) in [7, 11) is 1.48. The molecule has 2 aromatic carbocycles. The van der Waals surface area contributed by atoms with Crippen LogP contribution in [0, 0.1) is 10.1 Å². The fraction of sp³-hybridized carbons (Fsp3) is 0.0625. The van der Waals surface area contributed by atoms with E-state index in [-0.39, 0.29) is 11.4 Å². The lowest BCUT2D eigenvalue weighted by molar-refractivity contribution is -0.384. The highest BCUT2D eigenvalue weighted by Gasteiger charge is 2.10. The number of ether oxygens (including phenoxy) is 1. The van der Waals surface area contributed by atoms with Gasteiger partial charge in [-0.25, -0.2) is 4.98 Å². The second kappa shape index (κ2) is 6.58. The first-order chi connectivity index (χ1) is 11.5. The number of nitrogens with zero attached hydrogens (tertiary/aromatic N) is 2. The highest BCUT2D eigenvalue weighted by molar-refractivity contribution is 9.10. The average Bonchev–Trinajstić information content (AvgIpc) is 2.96. The lowest BCUT2D eigenvalue weighted by Crippen LogP contribution is -1.86. The third-order valence-electron chi connectivity index (χ3n) is 3.30. The van der Waals surface area contributed by atoms with Gasteiger partial charge >= 0.3 is 0 Å². The molecule has 0 spiro atoms. The number of phenols is 1. The van der Waals surface area contributed by atoms with E-state index < -0.39 is 4.92 Å². The van der Waals surface area contributed by atoms with E-state index in [9.17, 15) is 15.2 Å². The largest absolute Gasteiger partial charge is 0.504 e. The van der Waals surface area contributed by atoms with Crippen LogP contribution in [-0.2, 0) is 0 Å². The molecule has 0 bridgehead atoms. The maximum atomic E-state index is 10.8. The van der Waals surface area contributed by atoms with Gasteiger partial charge in [-0.2, -0.15) is 0 Å². The minimum absolute atomic E-state index is 0.0225. The van der Waals surface area contributed by atoms with Gasteiger partial charge in [-0.15, -0.1) is 11.3 Å². The highest BCUT2D eigenvalue weighted by atomic mass is 79.9. The van der Waals surface area contributed by atoms with Gasteiger partial charge in [0.05, 0.1) is 22.2 Å². The zero-order valence-corrected chi connectivity index (χ0v) is 14.8. The van der Waals surface area contributed by atoms with Crippen LogP contribution in [0.1, 0.15) is 10.6 Å². The lowest BCUT2D eigenvalue weighted by atomic mass is 10.2. The molecule has 1 N–H and O–H groups in total. The van der Waals surface area contributed by atoms with Gasteiger partial charge in [0.25, 0.3) is 5.69 Å². The number of benzene rings is 2. The van der Waals surface area contributed by atoms with E-state index in [4.69, 9.17) is 4.74 Å². The Balaban J connectivity index is 1.94. The van der Waals surface area contributed by atoms with Crippen LogP contribution in [0.4, 0.5) is 5.69 Å². The van der Waals surface area contributed by atoms with Crippen LogP contribution in [0.3, 0.4) is 0 Å². The molecule has 3 rings (SSSR count). The summed E-state index contributed by atoms with van der Waals surface area (Å²) in [5.74, 6) is 0.423. The number of thiazole rings is 1. The van der Waals surface area contributed by atoms with E-state index in [0.717, 1.165) is 15.3 Å². The Bertz CT molecular complexity index is 968. The number of hydrogen-bond donors (Lipinski definition) is 1. The molecule has 0 aliphatic heterocycles. The van der Waals surface area contributed by atoms with E-state index in [0.29, 0.717) is 15.7 Å². The Morgan fingerprint density at radius 2 is 2.12 bits per heavy atom. The van der Waals surface area contributed by atoms with Crippen molar-refractivity contribution in [1.29, 1.82) is 0 Å². The molecule has 0 saturated carbocycles. The molecule has 24 heavy (non-hydrogen) atoms. The van der Waals surface area contributed by atoms with Gasteiger partial charge in [0, 0.05) is 16.6 Å². The number of fused-ring (bicyclic) bond motifs is 1. The number of aromatic hydroxyl groups is 1. The van der Waals surface area contributed by atoms with Gasteiger partial charge in [0.15, 0.2) is 11.5 Å². The minimum Gasteiger partial charge on any atom is -0.504 e. The second-order valence-corrected chi connectivity index (χ2v) is 6.76. The van der Waals surface area contributed by atoms with Crippen LogP contribution in [0.25, 0.3) is 22.4 Å². The van der Waals surface area contributed by atoms with Crippen molar-refractivity contribution in [3.63, 3.8) is 0 Å². The summed E-state index contributed by atoms with van der Waals surface area (Å²) in [6, 6.07) is 7.88. The number of non-ortho nitro benzene ring substituents is 1. The zero-order chi connectivity index (χ0) is 17.3. The summed E-state index contributed by atoms with van der Waals surface area (Å²) in [4.78, 5) is 14.8. The summed E-state index contributed by atoms with van der Waals surface area (Å²) in [5, 5.41) is 21.3. The minimum atomic E-state index is -0.436. The number of hydrogen-bond acceptors (Lipinski definition) is 6. The van der Waals surface area contributed by atoms with Crippen molar-refractivity contribution >= 4 is 55.3 Å². The van der Waals surface area contributed by atoms with Crippen LogP contribution in [-0.4, -0.2) is 22.1 Å². The van der Waals surface area contributed by atoms with Crippen molar-refractivity contribution in [2.24, 2.45) is 0 Å². The lowest BCUT2D eigenvalue weighted by Gasteiger charge is -2.06. The highest BCUT2D eigenvalue weighted by Crippen LogP contribution is 2.34. The van der Waals surface area contributed by atoms with Gasteiger partial charge in [0.1, 0.15) is 5.01 Å². The number of methoxy groups -OCH3 is 1. The Kier molecular flexibility index (Phi) is 4.50. The molecule has 3 aromatic rings. The number of nitro groups is 1.